The molecule has 3 heterocycles. The molecule has 1 aliphatic rings. The molecule has 5 rings (SSSR count). The third-order valence-electron chi connectivity index (χ3n) is 6.70. The van der Waals surface area contributed by atoms with Crippen LogP contribution in [0.5, 0.6) is 0 Å². The SMILES string of the molecule is CNC(=O)C(NC(=O)c1ccc(-c2ccc3nc(Cc4ccncc4)[nH]c3c2)o1)C1CCCCC1. The normalized spacial score (nSPS) is 15.1. The zero-order chi connectivity index (χ0) is 24.2. The first-order valence-corrected chi connectivity index (χ1v) is 12.1. The first-order chi connectivity index (χ1) is 17.1. The van der Waals surface area contributed by atoms with Gasteiger partial charge in [-0.05, 0) is 66.8 Å². The van der Waals surface area contributed by atoms with Crippen molar-refractivity contribution in [3.8, 4) is 11.3 Å². The number of hydrogen-bond donors (Lipinski definition) is 3. The van der Waals surface area contributed by atoms with Gasteiger partial charge in [0.1, 0.15) is 17.6 Å². The third kappa shape index (κ3) is 5.11. The maximum atomic E-state index is 12.9. The highest BCUT2D eigenvalue weighted by Crippen LogP contribution is 2.28. The van der Waals surface area contributed by atoms with Gasteiger partial charge < -0.3 is 20.0 Å². The van der Waals surface area contributed by atoms with Gasteiger partial charge in [-0.15, -0.1) is 0 Å². The fraction of sp³-hybridized carbons (Fsp3) is 0.333. The number of carbonyl (C=O) groups is 2. The summed E-state index contributed by atoms with van der Waals surface area (Å²) in [7, 11) is 1.60. The number of aromatic nitrogens is 3. The van der Waals surface area contributed by atoms with E-state index in [-0.39, 0.29) is 23.5 Å². The van der Waals surface area contributed by atoms with Crippen LogP contribution in [0, 0.1) is 5.92 Å². The number of rotatable bonds is 7. The molecule has 3 N–H and O–H groups in total. The Morgan fingerprint density at radius 3 is 2.66 bits per heavy atom. The van der Waals surface area contributed by atoms with Gasteiger partial charge in [0.05, 0.1) is 11.0 Å². The lowest BCUT2D eigenvalue weighted by atomic mass is 9.83. The van der Waals surface area contributed by atoms with Crippen molar-refractivity contribution < 1.29 is 14.0 Å². The molecular formula is C27H29N5O3. The number of nitrogens with zero attached hydrogens (tertiary/aromatic N) is 2. The Bertz CT molecular complexity index is 1320. The molecule has 2 amide bonds. The number of benzene rings is 1. The Balaban J connectivity index is 1.31. The Kier molecular flexibility index (Phi) is 6.61. The van der Waals surface area contributed by atoms with Crippen LogP contribution < -0.4 is 10.6 Å². The molecule has 4 aromatic rings. The summed E-state index contributed by atoms with van der Waals surface area (Å²) in [5, 5.41) is 5.60. The summed E-state index contributed by atoms with van der Waals surface area (Å²) in [6.07, 6.45) is 9.45. The molecule has 35 heavy (non-hydrogen) atoms. The predicted molar refractivity (Wildman–Crippen MR) is 133 cm³/mol. The Labute approximate surface area is 203 Å². The van der Waals surface area contributed by atoms with E-state index >= 15 is 0 Å². The molecule has 3 aromatic heterocycles. The second kappa shape index (κ2) is 10.1. The maximum absolute atomic E-state index is 12.9. The minimum Gasteiger partial charge on any atom is -0.451 e. The van der Waals surface area contributed by atoms with E-state index in [1.54, 1.807) is 31.6 Å². The van der Waals surface area contributed by atoms with Crippen LogP contribution in [-0.4, -0.2) is 39.9 Å². The van der Waals surface area contributed by atoms with Crippen molar-refractivity contribution in [3.05, 3.63) is 72.0 Å². The van der Waals surface area contributed by atoms with Crippen LogP contribution in [-0.2, 0) is 11.2 Å². The molecule has 8 nitrogen and oxygen atoms in total. The van der Waals surface area contributed by atoms with E-state index in [4.69, 9.17) is 4.42 Å². The molecule has 1 aliphatic carbocycles. The minimum absolute atomic E-state index is 0.145. The van der Waals surface area contributed by atoms with Gasteiger partial charge in [-0.25, -0.2) is 4.98 Å². The number of likely N-dealkylation sites (N-methyl/N-ethyl adjacent to an activating group) is 1. The third-order valence-corrected chi connectivity index (χ3v) is 6.70. The number of hydrogen-bond acceptors (Lipinski definition) is 5. The van der Waals surface area contributed by atoms with Crippen LogP contribution in [0.4, 0.5) is 0 Å². The number of amides is 2. The number of H-pyrrole nitrogens is 1. The predicted octanol–water partition coefficient (Wildman–Crippen LogP) is 4.23. The summed E-state index contributed by atoms with van der Waals surface area (Å²) in [4.78, 5) is 37.5. The van der Waals surface area contributed by atoms with Crippen molar-refractivity contribution in [2.45, 2.75) is 44.6 Å². The minimum atomic E-state index is -0.554. The Morgan fingerprint density at radius 2 is 1.89 bits per heavy atom. The van der Waals surface area contributed by atoms with Crippen LogP contribution in [0.15, 0.2) is 59.3 Å². The van der Waals surface area contributed by atoms with Gasteiger partial charge in [-0.3, -0.25) is 14.6 Å². The molecule has 0 aliphatic heterocycles. The van der Waals surface area contributed by atoms with Gasteiger partial charge in [0, 0.05) is 31.4 Å². The quantitative estimate of drug-likeness (QED) is 0.373. The Hall–Kier alpha value is -3.94. The largest absolute Gasteiger partial charge is 0.451 e. The fourth-order valence-electron chi connectivity index (χ4n) is 4.84. The molecule has 1 atom stereocenters. The molecule has 1 fully saturated rings. The lowest BCUT2D eigenvalue weighted by Gasteiger charge is -2.29. The van der Waals surface area contributed by atoms with Gasteiger partial charge >= 0.3 is 0 Å². The second-order valence-electron chi connectivity index (χ2n) is 9.08. The highest BCUT2D eigenvalue weighted by atomic mass is 16.4. The van der Waals surface area contributed by atoms with Crippen LogP contribution in [0.25, 0.3) is 22.4 Å². The van der Waals surface area contributed by atoms with E-state index < -0.39 is 6.04 Å². The second-order valence-corrected chi connectivity index (χ2v) is 9.08. The van der Waals surface area contributed by atoms with Crippen molar-refractivity contribution in [1.29, 1.82) is 0 Å². The van der Waals surface area contributed by atoms with Gasteiger partial charge in [0.25, 0.3) is 5.91 Å². The zero-order valence-corrected chi connectivity index (χ0v) is 19.7. The highest BCUT2D eigenvalue weighted by molar-refractivity contribution is 5.96. The number of furan rings is 1. The fourth-order valence-corrected chi connectivity index (χ4v) is 4.84. The molecule has 0 bridgehead atoms. The molecule has 0 radical (unpaired) electrons. The van der Waals surface area contributed by atoms with E-state index in [0.717, 1.165) is 53.7 Å². The maximum Gasteiger partial charge on any atom is 0.287 e. The van der Waals surface area contributed by atoms with E-state index in [1.807, 2.05) is 30.3 Å². The van der Waals surface area contributed by atoms with E-state index in [2.05, 4.69) is 25.6 Å². The number of nitrogens with one attached hydrogen (secondary N) is 3. The van der Waals surface area contributed by atoms with Crippen LogP contribution >= 0.6 is 0 Å². The van der Waals surface area contributed by atoms with Crippen LogP contribution in [0.3, 0.4) is 0 Å². The van der Waals surface area contributed by atoms with E-state index in [0.29, 0.717) is 12.2 Å². The lowest BCUT2D eigenvalue weighted by Crippen LogP contribution is -2.50. The average Bonchev–Trinajstić information content (AvgIpc) is 3.54. The molecule has 180 valence electrons. The number of aromatic amines is 1. The standard InChI is InChI=1S/C27H29N5O3/c1-28-27(34)25(18-5-3-2-4-6-18)32-26(33)23-10-9-22(35-23)19-7-8-20-21(16-19)31-24(30-20)15-17-11-13-29-14-12-17/h7-14,16,18,25H,2-6,15H2,1H3,(H,28,34)(H,30,31)(H,32,33). The molecule has 1 saturated carbocycles. The summed E-state index contributed by atoms with van der Waals surface area (Å²) in [5.41, 5.74) is 3.73. The molecule has 1 aromatic carbocycles. The molecule has 0 saturated heterocycles. The lowest BCUT2D eigenvalue weighted by molar-refractivity contribution is -0.124. The van der Waals surface area contributed by atoms with Crippen LogP contribution in [0.2, 0.25) is 0 Å². The van der Waals surface area contributed by atoms with E-state index in [1.165, 1.54) is 6.42 Å². The summed E-state index contributed by atoms with van der Waals surface area (Å²) in [6, 6.07) is 12.6. The first kappa shape index (κ1) is 22.8. The number of fused-ring (bicyclic) bond motifs is 1. The van der Waals surface area contributed by atoms with Gasteiger partial charge in [-0.1, -0.05) is 19.3 Å². The summed E-state index contributed by atoms with van der Waals surface area (Å²) < 4.78 is 5.90. The highest BCUT2D eigenvalue weighted by Gasteiger charge is 2.31. The zero-order valence-electron chi connectivity index (χ0n) is 19.7. The number of imidazole rings is 1. The van der Waals surface area contributed by atoms with Crippen molar-refractivity contribution in [3.63, 3.8) is 0 Å². The number of pyridine rings is 1. The topological polar surface area (TPSA) is 113 Å². The summed E-state index contributed by atoms with van der Waals surface area (Å²) in [5.74, 6) is 1.24. The van der Waals surface area contributed by atoms with Crippen molar-refractivity contribution in [1.82, 2.24) is 25.6 Å². The molecular weight excluding hydrogens is 442 g/mol. The first-order valence-electron chi connectivity index (χ1n) is 12.1. The molecule has 1 unspecified atom stereocenters. The van der Waals surface area contributed by atoms with Crippen molar-refractivity contribution in [2.75, 3.05) is 7.05 Å². The van der Waals surface area contributed by atoms with Crippen LogP contribution in [0.1, 0.15) is 54.0 Å². The van der Waals surface area contributed by atoms with Crippen molar-refractivity contribution in [2.24, 2.45) is 5.92 Å². The summed E-state index contributed by atoms with van der Waals surface area (Å²) in [6.45, 7) is 0. The Morgan fingerprint density at radius 1 is 1.09 bits per heavy atom. The molecule has 8 heteroatoms. The van der Waals surface area contributed by atoms with Crippen molar-refractivity contribution >= 4 is 22.8 Å². The van der Waals surface area contributed by atoms with Gasteiger partial charge in [-0.2, -0.15) is 0 Å². The average molecular weight is 472 g/mol. The monoisotopic (exact) mass is 471 g/mol. The summed E-state index contributed by atoms with van der Waals surface area (Å²) >= 11 is 0. The van der Waals surface area contributed by atoms with Gasteiger partial charge in [0.2, 0.25) is 5.91 Å². The van der Waals surface area contributed by atoms with E-state index in [9.17, 15) is 9.59 Å². The molecule has 0 spiro atoms. The number of carbonyl (C=O) groups excluding carboxylic acids is 2. The van der Waals surface area contributed by atoms with Gasteiger partial charge in [0.15, 0.2) is 5.76 Å². The smallest absolute Gasteiger partial charge is 0.287 e.